The molecule has 1 N–H and O–H groups in total. The second-order valence-corrected chi connectivity index (χ2v) is 4.14. The normalized spacial score (nSPS) is 10.2. The molecule has 2 aromatic rings. The van der Waals surface area contributed by atoms with Crippen LogP contribution in [0.2, 0.25) is 0 Å². The van der Waals surface area contributed by atoms with E-state index >= 15 is 0 Å². The molecule has 0 fully saturated rings. The number of methoxy groups -OCH3 is 2. The van der Waals surface area contributed by atoms with Gasteiger partial charge in [0.15, 0.2) is 23.1 Å². The summed E-state index contributed by atoms with van der Waals surface area (Å²) in [7, 11) is 2.81. The van der Waals surface area contributed by atoms with E-state index in [2.05, 4.69) is 5.32 Å². The minimum absolute atomic E-state index is 0.140. The van der Waals surface area contributed by atoms with Gasteiger partial charge in [0.1, 0.15) is 0 Å². The highest BCUT2D eigenvalue weighted by atomic mass is 19.1. The summed E-state index contributed by atoms with van der Waals surface area (Å²) in [5.74, 6) is -0.510. The van der Waals surface area contributed by atoms with Gasteiger partial charge in [0.25, 0.3) is 0 Å². The first kappa shape index (κ1) is 14.1. The standard InChI is InChI=1S/C15H15F2NO2/c1-19-13-5-3-4-10(15(13)17)9-18-11-6-7-12(16)14(8-11)20-2/h3-8,18H,9H2,1-2H3. The van der Waals surface area contributed by atoms with Gasteiger partial charge in [-0.2, -0.15) is 0 Å². The molecule has 0 aliphatic carbocycles. The molecular formula is C15H15F2NO2. The highest BCUT2D eigenvalue weighted by Gasteiger charge is 2.08. The Balaban J connectivity index is 2.13. The van der Waals surface area contributed by atoms with Crippen LogP contribution in [0.1, 0.15) is 5.56 Å². The van der Waals surface area contributed by atoms with Gasteiger partial charge in [0, 0.05) is 23.9 Å². The van der Waals surface area contributed by atoms with Crippen LogP contribution in [0.15, 0.2) is 36.4 Å². The number of ether oxygens (including phenoxy) is 2. The van der Waals surface area contributed by atoms with Crippen LogP contribution in [0, 0.1) is 11.6 Å². The van der Waals surface area contributed by atoms with Crippen LogP contribution >= 0.6 is 0 Å². The third kappa shape index (κ3) is 2.99. The molecule has 0 spiro atoms. The molecule has 0 aliphatic rings. The zero-order valence-corrected chi connectivity index (χ0v) is 11.2. The van der Waals surface area contributed by atoms with Crippen LogP contribution in [0.25, 0.3) is 0 Å². The number of anilines is 1. The predicted octanol–water partition coefficient (Wildman–Crippen LogP) is 3.59. The van der Waals surface area contributed by atoms with Gasteiger partial charge >= 0.3 is 0 Å². The van der Waals surface area contributed by atoms with Crippen molar-refractivity contribution >= 4 is 5.69 Å². The van der Waals surface area contributed by atoms with E-state index in [4.69, 9.17) is 9.47 Å². The molecule has 0 saturated carbocycles. The Labute approximate surface area is 116 Å². The van der Waals surface area contributed by atoms with E-state index < -0.39 is 11.6 Å². The van der Waals surface area contributed by atoms with Gasteiger partial charge in [-0.1, -0.05) is 12.1 Å². The van der Waals surface area contributed by atoms with Gasteiger partial charge in [-0.05, 0) is 18.2 Å². The summed E-state index contributed by atoms with van der Waals surface area (Å²) in [6, 6.07) is 9.31. The first-order valence-electron chi connectivity index (χ1n) is 6.04. The van der Waals surface area contributed by atoms with E-state index in [0.717, 1.165) is 0 Å². The molecule has 0 radical (unpaired) electrons. The molecule has 0 unspecified atom stereocenters. The zero-order valence-electron chi connectivity index (χ0n) is 11.2. The zero-order chi connectivity index (χ0) is 14.5. The Morgan fingerprint density at radius 1 is 1.00 bits per heavy atom. The largest absolute Gasteiger partial charge is 0.494 e. The van der Waals surface area contributed by atoms with Gasteiger partial charge in [0.2, 0.25) is 0 Å². The van der Waals surface area contributed by atoms with E-state index in [1.54, 1.807) is 24.3 Å². The van der Waals surface area contributed by atoms with Gasteiger partial charge in [-0.15, -0.1) is 0 Å². The summed E-state index contributed by atoms with van der Waals surface area (Å²) in [6.45, 7) is 0.262. The SMILES string of the molecule is COc1cc(NCc2cccc(OC)c2F)ccc1F. The van der Waals surface area contributed by atoms with Crippen LogP contribution in [-0.4, -0.2) is 14.2 Å². The first-order chi connectivity index (χ1) is 9.65. The highest BCUT2D eigenvalue weighted by Crippen LogP contribution is 2.24. The van der Waals surface area contributed by atoms with Crippen molar-refractivity contribution in [3.05, 3.63) is 53.6 Å². The maximum absolute atomic E-state index is 13.9. The monoisotopic (exact) mass is 279 g/mol. The summed E-state index contributed by atoms with van der Waals surface area (Å²) in [5.41, 5.74) is 1.11. The minimum atomic E-state index is -0.439. The lowest BCUT2D eigenvalue weighted by atomic mass is 10.2. The van der Waals surface area contributed by atoms with Crippen molar-refractivity contribution in [2.45, 2.75) is 6.54 Å². The summed E-state index contributed by atoms with van der Waals surface area (Å²) >= 11 is 0. The lowest BCUT2D eigenvalue weighted by molar-refractivity contribution is 0.384. The third-order valence-corrected chi connectivity index (χ3v) is 2.90. The van der Waals surface area contributed by atoms with Crippen molar-refractivity contribution in [1.29, 1.82) is 0 Å². The second kappa shape index (κ2) is 6.23. The van der Waals surface area contributed by atoms with Crippen LogP contribution in [-0.2, 0) is 6.54 Å². The molecule has 0 heterocycles. The fourth-order valence-corrected chi connectivity index (χ4v) is 1.82. The highest BCUT2D eigenvalue weighted by molar-refractivity contribution is 5.49. The van der Waals surface area contributed by atoms with E-state index in [1.165, 1.54) is 26.4 Å². The Bertz CT molecular complexity index is 602. The second-order valence-electron chi connectivity index (χ2n) is 4.14. The summed E-state index contributed by atoms with van der Waals surface area (Å²) < 4.78 is 37.0. The first-order valence-corrected chi connectivity index (χ1v) is 6.04. The molecule has 0 aliphatic heterocycles. The molecule has 2 aromatic carbocycles. The number of rotatable bonds is 5. The van der Waals surface area contributed by atoms with E-state index in [9.17, 15) is 8.78 Å². The van der Waals surface area contributed by atoms with Crippen molar-refractivity contribution in [2.75, 3.05) is 19.5 Å². The molecule has 106 valence electrons. The van der Waals surface area contributed by atoms with Crippen molar-refractivity contribution in [3.63, 3.8) is 0 Å². The van der Waals surface area contributed by atoms with Gasteiger partial charge in [-0.25, -0.2) is 8.78 Å². The number of benzene rings is 2. The molecule has 0 aromatic heterocycles. The van der Waals surface area contributed by atoms with E-state index in [1.807, 2.05) is 0 Å². The third-order valence-electron chi connectivity index (χ3n) is 2.90. The summed E-state index contributed by atoms with van der Waals surface area (Å²) in [4.78, 5) is 0. The number of hydrogen-bond acceptors (Lipinski definition) is 3. The molecule has 0 atom stereocenters. The van der Waals surface area contributed by atoms with Gasteiger partial charge in [-0.3, -0.25) is 0 Å². The van der Waals surface area contributed by atoms with Crippen LogP contribution in [0.5, 0.6) is 11.5 Å². The van der Waals surface area contributed by atoms with E-state index in [0.29, 0.717) is 11.3 Å². The summed E-state index contributed by atoms with van der Waals surface area (Å²) in [5, 5.41) is 3.01. The minimum Gasteiger partial charge on any atom is -0.494 e. The molecule has 20 heavy (non-hydrogen) atoms. The average Bonchev–Trinajstić information content (AvgIpc) is 2.47. The fraction of sp³-hybridized carbons (Fsp3) is 0.200. The number of halogens is 2. The van der Waals surface area contributed by atoms with Crippen molar-refractivity contribution in [2.24, 2.45) is 0 Å². The Morgan fingerprint density at radius 2 is 1.75 bits per heavy atom. The van der Waals surface area contributed by atoms with Crippen LogP contribution in [0.3, 0.4) is 0 Å². The average molecular weight is 279 g/mol. The number of nitrogens with one attached hydrogen (secondary N) is 1. The predicted molar refractivity (Wildman–Crippen MR) is 73.2 cm³/mol. The Hall–Kier alpha value is -2.30. The maximum atomic E-state index is 13.9. The molecular weight excluding hydrogens is 264 g/mol. The topological polar surface area (TPSA) is 30.5 Å². The van der Waals surface area contributed by atoms with Crippen LogP contribution < -0.4 is 14.8 Å². The fourth-order valence-electron chi connectivity index (χ4n) is 1.82. The van der Waals surface area contributed by atoms with Gasteiger partial charge in [0.05, 0.1) is 14.2 Å². The Kier molecular flexibility index (Phi) is 4.40. The summed E-state index contributed by atoms with van der Waals surface area (Å²) in [6.07, 6.45) is 0. The molecule has 5 heteroatoms. The molecule has 0 bridgehead atoms. The van der Waals surface area contributed by atoms with Crippen molar-refractivity contribution in [1.82, 2.24) is 0 Å². The molecule has 0 amide bonds. The lowest BCUT2D eigenvalue weighted by Crippen LogP contribution is -2.03. The van der Waals surface area contributed by atoms with Crippen LogP contribution in [0.4, 0.5) is 14.5 Å². The van der Waals surface area contributed by atoms with E-state index in [-0.39, 0.29) is 18.0 Å². The number of hydrogen-bond donors (Lipinski definition) is 1. The Morgan fingerprint density at radius 3 is 2.45 bits per heavy atom. The maximum Gasteiger partial charge on any atom is 0.170 e. The van der Waals surface area contributed by atoms with Crippen molar-refractivity contribution in [3.8, 4) is 11.5 Å². The van der Waals surface area contributed by atoms with Crippen molar-refractivity contribution < 1.29 is 18.3 Å². The smallest absolute Gasteiger partial charge is 0.170 e. The lowest BCUT2D eigenvalue weighted by Gasteiger charge is -2.11. The van der Waals surface area contributed by atoms with Gasteiger partial charge < -0.3 is 14.8 Å². The molecule has 3 nitrogen and oxygen atoms in total. The quantitative estimate of drug-likeness (QED) is 0.907. The molecule has 0 saturated heterocycles. The molecule has 2 rings (SSSR count).